The second-order valence-electron chi connectivity index (χ2n) is 7.60. The van der Waals surface area contributed by atoms with E-state index in [-0.39, 0.29) is 24.8 Å². The Hall–Kier alpha value is -1.95. The lowest BCUT2D eigenvalue weighted by Gasteiger charge is -2.38. The number of ether oxygens (including phenoxy) is 2. The van der Waals surface area contributed by atoms with Gasteiger partial charge in [0.1, 0.15) is 0 Å². The van der Waals surface area contributed by atoms with Gasteiger partial charge in [0.05, 0.1) is 12.1 Å². The monoisotopic (exact) mass is 344 g/mol. The van der Waals surface area contributed by atoms with E-state index in [0.717, 1.165) is 54.9 Å². The summed E-state index contributed by atoms with van der Waals surface area (Å²) >= 11 is 0. The number of hydrogen-bond donors (Lipinski definition) is 1. The lowest BCUT2D eigenvalue weighted by Crippen LogP contribution is -2.45. The van der Waals surface area contributed by atoms with Crippen LogP contribution in [0.2, 0.25) is 0 Å². The maximum atomic E-state index is 12.7. The van der Waals surface area contributed by atoms with Crippen molar-refractivity contribution in [3.05, 3.63) is 17.7 Å². The second kappa shape index (κ2) is 5.80. The molecule has 2 aliphatic carbocycles. The molecule has 6 nitrogen and oxygen atoms in total. The molecule has 0 radical (unpaired) electrons. The maximum Gasteiger partial charge on any atom is 0.231 e. The van der Waals surface area contributed by atoms with Crippen molar-refractivity contribution in [3.8, 4) is 11.5 Å². The van der Waals surface area contributed by atoms with Crippen molar-refractivity contribution in [2.24, 2.45) is 0 Å². The minimum atomic E-state index is -0.327. The Balaban J connectivity index is 1.57. The van der Waals surface area contributed by atoms with Gasteiger partial charge in [0, 0.05) is 37.3 Å². The molecule has 25 heavy (non-hydrogen) atoms. The Labute approximate surface area is 147 Å². The van der Waals surface area contributed by atoms with Gasteiger partial charge in [-0.2, -0.15) is 0 Å². The maximum absolute atomic E-state index is 12.7. The van der Waals surface area contributed by atoms with Crippen LogP contribution in [0.3, 0.4) is 0 Å². The quantitative estimate of drug-likeness (QED) is 0.889. The van der Waals surface area contributed by atoms with Crippen molar-refractivity contribution >= 4 is 11.6 Å². The Bertz CT molecular complexity index is 703. The van der Waals surface area contributed by atoms with Crippen molar-refractivity contribution in [2.75, 3.05) is 18.2 Å². The zero-order valence-electron chi connectivity index (χ0n) is 14.3. The second-order valence-corrected chi connectivity index (χ2v) is 7.60. The fourth-order valence-corrected chi connectivity index (χ4v) is 4.47. The van der Waals surface area contributed by atoms with Crippen LogP contribution in [0.25, 0.3) is 0 Å². The number of benzene rings is 1. The van der Waals surface area contributed by atoms with E-state index >= 15 is 0 Å². The number of amides is 1. The summed E-state index contributed by atoms with van der Waals surface area (Å²) in [6.07, 6.45) is 5.23. The number of rotatable bonds is 2. The van der Waals surface area contributed by atoms with Gasteiger partial charge in [-0.1, -0.05) is 0 Å². The van der Waals surface area contributed by atoms with Crippen LogP contribution in [0.1, 0.15) is 44.1 Å². The minimum Gasteiger partial charge on any atom is -0.454 e. The van der Waals surface area contributed by atoms with E-state index < -0.39 is 0 Å². The number of fused-ring (bicyclic) bond motifs is 2. The van der Waals surface area contributed by atoms with Gasteiger partial charge in [-0.05, 0) is 43.7 Å². The van der Waals surface area contributed by atoms with Crippen LogP contribution >= 0.6 is 0 Å². The van der Waals surface area contributed by atoms with Crippen molar-refractivity contribution in [3.63, 3.8) is 0 Å². The smallest absolute Gasteiger partial charge is 0.231 e. The third-order valence-electron chi connectivity index (χ3n) is 5.94. The fourth-order valence-electron chi connectivity index (χ4n) is 4.47. The molecule has 0 unspecified atom stereocenters. The summed E-state index contributed by atoms with van der Waals surface area (Å²) in [5.74, 6) is 1.75. The van der Waals surface area contributed by atoms with Gasteiger partial charge < -0.3 is 24.4 Å². The lowest BCUT2D eigenvalue weighted by atomic mass is 10.0. The standard InChI is InChI=1S/C19H24N2O4/c22-16-3-1-2-14(16)20-7-6-19(23)21(13-4-5-13)10-12-8-17-18(9-15(12)20)25-11-24-17/h8-9,13-14,16,22H,1-7,10-11H2/t14-,16-/m1/s1. The molecule has 2 atom stereocenters. The summed E-state index contributed by atoms with van der Waals surface area (Å²) < 4.78 is 11.2. The first-order valence-corrected chi connectivity index (χ1v) is 9.37. The Morgan fingerprint density at radius 2 is 1.84 bits per heavy atom. The fraction of sp³-hybridized carbons (Fsp3) is 0.632. The molecule has 2 heterocycles. The van der Waals surface area contributed by atoms with Crippen LogP contribution < -0.4 is 14.4 Å². The molecule has 0 aromatic heterocycles. The molecule has 1 amide bonds. The highest BCUT2D eigenvalue weighted by molar-refractivity contribution is 5.79. The first kappa shape index (κ1) is 15.3. The average Bonchev–Trinajstić information content (AvgIpc) is 3.19. The van der Waals surface area contributed by atoms with Gasteiger partial charge in [-0.25, -0.2) is 0 Å². The number of aliphatic hydroxyl groups excluding tert-OH is 1. The first-order chi connectivity index (χ1) is 12.2. The van der Waals surface area contributed by atoms with E-state index in [2.05, 4.69) is 4.90 Å². The number of anilines is 1. The number of carbonyl (C=O) groups excluding carboxylic acids is 1. The molecule has 2 saturated carbocycles. The molecule has 5 rings (SSSR count). The van der Waals surface area contributed by atoms with Crippen LogP contribution in [-0.4, -0.2) is 47.4 Å². The number of aliphatic hydroxyl groups is 1. The van der Waals surface area contributed by atoms with Gasteiger partial charge in [0.25, 0.3) is 0 Å². The summed E-state index contributed by atoms with van der Waals surface area (Å²) in [4.78, 5) is 17.0. The van der Waals surface area contributed by atoms with E-state index in [1.807, 2.05) is 17.0 Å². The van der Waals surface area contributed by atoms with E-state index in [1.165, 1.54) is 0 Å². The predicted molar refractivity (Wildman–Crippen MR) is 91.7 cm³/mol. The summed E-state index contributed by atoms with van der Waals surface area (Å²) in [5.41, 5.74) is 2.19. The average molecular weight is 344 g/mol. The molecule has 2 aliphatic heterocycles. The molecule has 0 bridgehead atoms. The molecular formula is C19H24N2O4. The molecule has 2 fully saturated rings. The third-order valence-corrected chi connectivity index (χ3v) is 5.94. The molecular weight excluding hydrogens is 320 g/mol. The largest absolute Gasteiger partial charge is 0.454 e. The normalized spacial score (nSPS) is 28.8. The lowest BCUT2D eigenvalue weighted by molar-refractivity contribution is -0.132. The summed E-state index contributed by atoms with van der Waals surface area (Å²) in [6, 6.07) is 4.55. The summed E-state index contributed by atoms with van der Waals surface area (Å²) in [5, 5.41) is 10.4. The van der Waals surface area contributed by atoms with Gasteiger partial charge >= 0.3 is 0 Å². The predicted octanol–water partition coefficient (Wildman–Crippen LogP) is 2.03. The number of carbonyl (C=O) groups is 1. The molecule has 6 heteroatoms. The van der Waals surface area contributed by atoms with Crippen molar-refractivity contribution in [1.82, 2.24) is 4.90 Å². The Morgan fingerprint density at radius 3 is 2.56 bits per heavy atom. The summed E-state index contributed by atoms with van der Waals surface area (Å²) in [7, 11) is 0. The van der Waals surface area contributed by atoms with E-state index in [1.54, 1.807) is 0 Å². The first-order valence-electron chi connectivity index (χ1n) is 9.37. The van der Waals surface area contributed by atoms with Crippen LogP contribution in [-0.2, 0) is 11.3 Å². The topological polar surface area (TPSA) is 62.2 Å². The molecule has 0 spiro atoms. The SMILES string of the molecule is O=C1CCN([C@@H]2CCC[C@H]2O)c2cc3c(cc2CN1C1CC1)OCO3. The van der Waals surface area contributed by atoms with Crippen molar-refractivity contribution in [1.29, 1.82) is 0 Å². The van der Waals surface area contributed by atoms with Gasteiger partial charge in [-0.15, -0.1) is 0 Å². The highest BCUT2D eigenvalue weighted by atomic mass is 16.7. The van der Waals surface area contributed by atoms with Gasteiger partial charge in [-0.3, -0.25) is 4.79 Å². The Kier molecular flexibility index (Phi) is 3.55. The molecule has 4 aliphatic rings. The molecule has 134 valence electrons. The highest BCUT2D eigenvalue weighted by Crippen LogP contribution is 2.43. The molecule has 1 aromatic carbocycles. The van der Waals surface area contributed by atoms with Crippen molar-refractivity contribution in [2.45, 2.75) is 63.3 Å². The van der Waals surface area contributed by atoms with Gasteiger partial charge in [0.15, 0.2) is 11.5 Å². The van der Waals surface area contributed by atoms with E-state index in [4.69, 9.17) is 9.47 Å². The van der Waals surface area contributed by atoms with E-state index in [9.17, 15) is 9.90 Å². The zero-order valence-corrected chi connectivity index (χ0v) is 14.3. The Morgan fingerprint density at radius 1 is 1.04 bits per heavy atom. The number of hydrogen-bond acceptors (Lipinski definition) is 5. The van der Waals surface area contributed by atoms with Crippen LogP contribution in [0.4, 0.5) is 5.69 Å². The summed E-state index contributed by atoms with van der Waals surface area (Å²) in [6.45, 7) is 1.51. The number of nitrogens with zero attached hydrogens (tertiary/aromatic N) is 2. The zero-order chi connectivity index (χ0) is 17.0. The van der Waals surface area contributed by atoms with Crippen LogP contribution in [0.15, 0.2) is 12.1 Å². The molecule has 1 N–H and O–H groups in total. The van der Waals surface area contributed by atoms with E-state index in [0.29, 0.717) is 25.6 Å². The highest BCUT2D eigenvalue weighted by Gasteiger charge is 2.38. The molecule has 1 aromatic rings. The minimum absolute atomic E-state index is 0.0828. The van der Waals surface area contributed by atoms with Gasteiger partial charge in [0.2, 0.25) is 12.7 Å². The van der Waals surface area contributed by atoms with Crippen LogP contribution in [0, 0.1) is 0 Å². The third kappa shape index (κ3) is 2.63. The molecule has 0 saturated heterocycles. The van der Waals surface area contributed by atoms with Crippen molar-refractivity contribution < 1.29 is 19.4 Å². The van der Waals surface area contributed by atoms with Crippen LogP contribution in [0.5, 0.6) is 11.5 Å².